The number of rotatable bonds is 4. The highest BCUT2D eigenvalue weighted by molar-refractivity contribution is 5.79. The Morgan fingerprint density at radius 1 is 0.946 bits per heavy atom. The topological polar surface area (TPSA) is 78.9 Å². The van der Waals surface area contributed by atoms with E-state index in [1.807, 2.05) is 20.8 Å². The second-order valence-electron chi connectivity index (χ2n) is 13.2. The van der Waals surface area contributed by atoms with Crippen LogP contribution >= 0.6 is 0 Å². The van der Waals surface area contributed by atoms with Gasteiger partial charge < -0.3 is 14.2 Å². The van der Waals surface area contributed by atoms with Gasteiger partial charge in [-0.25, -0.2) is 0 Å². The first-order valence-corrected chi connectivity index (χ1v) is 13.7. The minimum Gasteiger partial charge on any atom is -0.460 e. The van der Waals surface area contributed by atoms with Crippen molar-refractivity contribution >= 4 is 17.9 Å². The van der Waals surface area contributed by atoms with Crippen molar-refractivity contribution < 1.29 is 41.8 Å². The first-order valence-electron chi connectivity index (χ1n) is 13.7. The van der Waals surface area contributed by atoms with Crippen molar-refractivity contribution in [1.29, 1.82) is 0 Å². The van der Waals surface area contributed by atoms with E-state index in [1.165, 1.54) is 13.3 Å². The van der Waals surface area contributed by atoms with E-state index in [1.54, 1.807) is 0 Å². The minimum absolute atomic E-state index is 0.000862. The number of ether oxygens (including phenoxy) is 3. The summed E-state index contributed by atoms with van der Waals surface area (Å²) >= 11 is 0. The van der Waals surface area contributed by atoms with Gasteiger partial charge in [0, 0.05) is 11.8 Å². The number of hydrogen-bond donors (Lipinski definition) is 0. The minimum atomic E-state index is -4.66. The lowest BCUT2D eigenvalue weighted by Crippen LogP contribution is -2.47. The molecular weight excluding hydrogens is 489 g/mol. The number of carbonyl (C=O) groups is 3. The summed E-state index contributed by atoms with van der Waals surface area (Å²) in [6, 6.07) is 0. The first-order chi connectivity index (χ1) is 17.0. The molecule has 0 aromatic rings. The molecule has 4 aliphatic carbocycles. The number of esters is 3. The van der Waals surface area contributed by atoms with Crippen LogP contribution in [-0.4, -0.2) is 41.9 Å². The number of alkyl halides is 3. The predicted octanol–water partition coefficient (Wildman–Crippen LogP) is 5.71. The number of fused-ring (bicyclic) bond motifs is 3. The summed E-state index contributed by atoms with van der Waals surface area (Å²) in [6.07, 6.45) is -2.79. The lowest BCUT2D eigenvalue weighted by Gasteiger charge is -2.32. The fraction of sp³-hybridized carbons (Fsp3) is 0.893. The average molecular weight is 531 g/mol. The molecule has 0 N–H and O–H groups in total. The highest BCUT2D eigenvalue weighted by atomic mass is 19.4. The van der Waals surface area contributed by atoms with Crippen molar-refractivity contribution in [2.75, 3.05) is 0 Å². The molecule has 4 saturated carbocycles. The van der Waals surface area contributed by atoms with E-state index < -0.39 is 29.8 Å². The molecule has 1 aliphatic heterocycles. The fourth-order valence-corrected chi connectivity index (χ4v) is 7.37. The second kappa shape index (κ2) is 9.44. The Balaban J connectivity index is 0.000000180. The van der Waals surface area contributed by atoms with Gasteiger partial charge in [0.15, 0.2) is 5.41 Å². The number of halogens is 3. The van der Waals surface area contributed by atoms with Crippen molar-refractivity contribution in [3.8, 4) is 0 Å². The normalized spacial score (nSPS) is 41.1. The Kier molecular flexibility index (Phi) is 7.20. The van der Waals surface area contributed by atoms with E-state index in [9.17, 15) is 27.6 Å². The van der Waals surface area contributed by atoms with Gasteiger partial charge in [0.25, 0.3) is 0 Å². The van der Waals surface area contributed by atoms with Crippen LogP contribution in [0.25, 0.3) is 0 Å². The highest BCUT2D eigenvalue weighted by Gasteiger charge is 2.65. The molecule has 37 heavy (non-hydrogen) atoms. The van der Waals surface area contributed by atoms with Gasteiger partial charge in [0.05, 0.1) is 11.8 Å². The van der Waals surface area contributed by atoms with Gasteiger partial charge in [-0.3, -0.25) is 14.4 Å². The summed E-state index contributed by atoms with van der Waals surface area (Å²) in [5.41, 5.74) is -2.86. The Bertz CT molecular complexity index is 924. The zero-order valence-electron chi connectivity index (χ0n) is 22.9. The van der Waals surface area contributed by atoms with Crippen molar-refractivity contribution in [3.05, 3.63) is 0 Å². The van der Waals surface area contributed by atoms with Gasteiger partial charge in [-0.2, -0.15) is 13.2 Å². The van der Waals surface area contributed by atoms with Gasteiger partial charge in [-0.1, -0.05) is 20.8 Å². The Morgan fingerprint density at radius 2 is 1.57 bits per heavy atom. The summed E-state index contributed by atoms with van der Waals surface area (Å²) < 4.78 is 55.1. The monoisotopic (exact) mass is 530 g/mol. The molecule has 1 heterocycles. The Morgan fingerprint density at radius 3 is 2.08 bits per heavy atom. The van der Waals surface area contributed by atoms with Gasteiger partial charge in [-0.05, 0) is 83.5 Å². The molecule has 6 nitrogen and oxygen atoms in total. The van der Waals surface area contributed by atoms with E-state index in [2.05, 4.69) is 13.8 Å². The first kappa shape index (κ1) is 28.2. The standard InChI is InChI=1S/C14H17F3O4.C14H24O2/c1-3-13(2,14(15,16)17)12(19)21-9-6-4-7-8(5-6)11(18)20-10(7)9;1-8-9(2)11-6-10(8)7-12(11)13(15)16-14(3,4)5/h6-10H,3-5H2,1-2H3;8-12H,6-7H2,1-5H3. The van der Waals surface area contributed by atoms with Crippen LogP contribution in [0, 0.1) is 52.8 Å². The second-order valence-corrected chi connectivity index (χ2v) is 13.2. The molecule has 0 spiro atoms. The lowest BCUT2D eigenvalue weighted by atomic mass is 9.76. The zero-order valence-corrected chi connectivity index (χ0v) is 22.9. The van der Waals surface area contributed by atoms with Crippen LogP contribution in [0.5, 0.6) is 0 Å². The SMILES string of the molecule is CC1C2CC(C(=O)OC(C)(C)C)C(C2)C1C.CCC(C)(C(=O)OC1C2CC3C(=O)OC1C3C2)C(F)(F)F. The molecule has 0 amide bonds. The number of carbonyl (C=O) groups excluding carboxylic acids is 3. The van der Waals surface area contributed by atoms with Gasteiger partial charge in [0.2, 0.25) is 0 Å². The van der Waals surface area contributed by atoms with E-state index in [4.69, 9.17) is 14.2 Å². The maximum atomic E-state index is 13.1. The highest BCUT2D eigenvalue weighted by Crippen LogP contribution is 2.57. The molecule has 11 atom stereocenters. The third-order valence-corrected chi connectivity index (χ3v) is 10.0. The molecule has 0 radical (unpaired) electrons. The molecule has 11 unspecified atom stereocenters. The summed E-state index contributed by atoms with van der Waals surface area (Å²) in [6.45, 7) is 12.6. The molecule has 1 saturated heterocycles. The zero-order chi connectivity index (χ0) is 27.7. The van der Waals surface area contributed by atoms with Crippen LogP contribution in [-0.2, 0) is 28.6 Å². The lowest BCUT2D eigenvalue weighted by molar-refractivity contribution is -0.236. The molecule has 0 aromatic carbocycles. The Hall–Kier alpha value is -1.80. The van der Waals surface area contributed by atoms with Crippen molar-refractivity contribution in [2.24, 2.45) is 52.8 Å². The van der Waals surface area contributed by atoms with E-state index in [0.717, 1.165) is 25.2 Å². The molecule has 4 bridgehead atoms. The van der Waals surface area contributed by atoms with Crippen molar-refractivity contribution in [2.45, 2.75) is 105 Å². The van der Waals surface area contributed by atoms with Crippen LogP contribution < -0.4 is 0 Å². The molecule has 5 fully saturated rings. The van der Waals surface area contributed by atoms with Gasteiger partial charge >= 0.3 is 24.1 Å². The molecular formula is C28H41F3O6. The number of hydrogen-bond acceptors (Lipinski definition) is 6. The summed E-state index contributed by atoms with van der Waals surface area (Å²) in [4.78, 5) is 35.7. The molecule has 210 valence electrons. The predicted molar refractivity (Wildman–Crippen MR) is 128 cm³/mol. The molecule has 5 rings (SSSR count). The third-order valence-electron chi connectivity index (χ3n) is 10.0. The van der Waals surface area contributed by atoms with E-state index >= 15 is 0 Å². The van der Waals surface area contributed by atoms with Crippen molar-refractivity contribution in [1.82, 2.24) is 0 Å². The van der Waals surface area contributed by atoms with E-state index in [0.29, 0.717) is 24.7 Å². The summed E-state index contributed by atoms with van der Waals surface area (Å²) in [7, 11) is 0. The summed E-state index contributed by atoms with van der Waals surface area (Å²) in [5, 5.41) is 0. The van der Waals surface area contributed by atoms with Crippen LogP contribution in [0.2, 0.25) is 0 Å². The Labute approximate surface area is 217 Å². The summed E-state index contributed by atoms with van der Waals surface area (Å²) in [5.74, 6) is 1.25. The fourth-order valence-electron chi connectivity index (χ4n) is 7.37. The third kappa shape index (κ3) is 4.88. The quantitative estimate of drug-likeness (QED) is 0.342. The average Bonchev–Trinajstić information content (AvgIpc) is 3.56. The van der Waals surface area contributed by atoms with Crippen molar-refractivity contribution in [3.63, 3.8) is 0 Å². The molecule has 0 aromatic heterocycles. The van der Waals surface area contributed by atoms with Crippen LogP contribution in [0.4, 0.5) is 13.2 Å². The van der Waals surface area contributed by atoms with Crippen LogP contribution in [0.15, 0.2) is 0 Å². The van der Waals surface area contributed by atoms with Crippen LogP contribution in [0.3, 0.4) is 0 Å². The largest absolute Gasteiger partial charge is 0.460 e. The van der Waals surface area contributed by atoms with Crippen LogP contribution in [0.1, 0.15) is 80.6 Å². The van der Waals surface area contributed by atoms with Gasteiger partial charge in [-0.15, -0.1) is 0 Å². The van der Waals surface area contributed by atoms with E-state index in [-0.39, 0.29) is 47.6 Å². The van der Waals surface area contributed by atoms with Gasteiger partial charge in [0.1, 0.15) is 17.8 Å². The smallest absolute Gasteiger partial charge is 0.404 e. The maximum Gasteiger partial charge on any atom is 0.404 e. The molecule has 9 heteroatoms. The molecule has 5 aliphatic rings. The maximum absolute atomic E-state index is 13.1.